The Kier molecular flexibility index (Phi) is 4.90. The van der Waals surface area contributed by atoms with Gasteiger partial charge in [0.15, 0.2) is 11.5 Å². The molecule has 1 aliphatic rings. The van der Waals surface area contributed by atoms with Crippen LogP contribution in [0.5, 0.6) is 11.5 Å². The molecule has 124 valence electrons. The predicted octanol–water partition coefficient (Wildman–Crippen LogP) is 3.10. The van der Waals surface area contributed by atoms with Crippen LogP contribution in [-0.2, 0) is 9.59 Å². The molecule has 3 rings (SSSR count). The molecule has 24 heavy (non-hydrogen) atoms. The summed E-state index contributed by atoms with van der Waals surface area (Å²) in [4.78, 5) is 24.0. The van der Waals surface area contributed by atoms with Gasteiger partial charge in [0.2, 0.25) is 18.6 Å². The third-order valence-electron chi connectivity index (χ3n) is 3.20. The van der Waals surface area contributed by atoms with E-state index in [4.69, 9.17) is 9.47 Å². The second-order valence-electron chi connectivity index (χ2n) is 5.11. The molecule has 0 saturated heterocycles. The van der Waals surface area contributed by atoms with Gasteiger partial charge in [-0.3, -0.25) is 9.59 Å². The van der Waals surface area contributed by atoms with Crippen molar-refractivity contribution in [2.45, 2.75) is 11.8 Å². The summed E-state index contributed by atoms with van der Waals surface area (Å²) in [5, 5.41) is 5.53. The summed E-state index contributed by atoms with van der Waals surface area (Å²) in [6.07, 6.45) is 0. The van der Waals surface area contributed by atoms with Gasteiger partial charge in [-0.15, -0.1) is 11.8 Å². The van der Waals surface area contributed by atoms with Crippen LogP contribution in [0.15, 0.2) is 47.4 Å². The minimum Gasteiger partial charge on any atom is -0.454 e. The standard InChI is InChI=1S/C17H16N2O4S/c1-11(20)18-12-2-5-14(6-3-12)24-9-17(21)19-13-4-7-15-16(8-13)23-10-22-15/h2-8H,9-10H2,1H3,(H,18,20)(H,19,21). The van der Waals surface area contributed by atoms with Crippen molar-refractivity contribution in [2.75, 3.05) is 23.2 Å². The van der Waals surface area contributed by atoms with Gasteiger partial charge in [0.05, 0.1) is 5.75 Å². The third kappa shape index (κ3) is 4.20. The Morgan fingerprint density at radius 3 is 2.46 bits per heavy atom. The molecule has 0 unspecified atom stereocenters. The number of carbonyl (C=O) groups excluding carboxylic acids is 2. The van der Waals surface area contributed by atoms with Crippen molar-refractivity contribution in [2.24, 2.45) is 0 Å². The van der Waals surface area contributed by atoms with Crippen molar-refractivity contribution in [3.63, 3.8) is 0 Å². The molecule has 2 N–H and O–H groups in total. The van der Waals surface area contributed by atoms with E-state index in [1.54, 1.807) is 30.3 Å². The first kappa shape index (κ1) is 16.2. The lowest BCUT2D eigenvalue weighted by Crippen LogP contribution is -2.13. The van der Waals surface area contributed by atoms with Crippen LogP contribution in [0.25, 0.3) is 0 Å². The first-order valence-electron chi connectivity index (χ1n) is 7.30. The molecule has 2 aromatic rings. The highest BCUT2D eigenvalue weighted by Crippen LogP contribution is 2.34. The zero-order valence-electron chi connectivity index (χ0n) is 13.0. The fourth-order valence-electron chi connectivity index (χ4n) is 2.16. The van der Waals surface area contributed by atoms with Crippen LogP contribution < -0.4 is 20.1 Å². The van der Waals surface area contributed by atoms with Gasteiger partial charge in [-0.05, 0) is 36.4 Å². The van der Waals surface area contributed by atoms with E-state index in [1.165, 1.54) is 18.7 Å². The Morgan fingerprint density at radius 2 is 1.71 bits per heavy atom. The van der Waals surface area contributed by atoms with Crippen LogP contribution in [0.1, 0.15) is 6.92 Å². The number of benzene rings is 2. The van der Waals surface area contributed by atoms with Gasteiger partial charge in [0, 0.05) is 29.3 Å². The second-order valence-corrected chi connectivity index (χ2v) is 6.16. The molecule has 1 heterocycles. The molecular weight excluding hydrogens is 328 g/mol. The summed E-state index contributed by atoms with van der Waals surface area (Å²) >= 11 is 1.42. The van der Waals surface area contributed by atoms with E-state index in [-0.39, 0.29) is 24.4 Å². The van der Waals surface area contributed by atoms with Crippen LogP contribution in [0.3, 0.4) is 0 Å². The lowest BCUT2D eigenvalue weighted by molar-refractivity contribution is -0.114. The molecule has 0 aliphatic carbocycles. The number of amides is 2. The van der Waals surface area contributed by atoms with Crippen molar-refractivity contribution < 1.29 is 19.1 Å². The van der Waals surface area contributed by atoms with E-state index in [0.29, 0.717) is 17.2 Å². The highest BCUT2D eigenvalue weighted by Gasteiger charge is 2.14. The molecule has 0 atom stereocenters. The normalized spacial score (nSPS) is 11.9. The van der Waals surface area contributed by atoms with Gasteiger partial charge < -0.3 is 20.1 Å². The first-order valence-corrected chi connectivity index (χ1v) is 8.29. The van der Waals surface area contributed by atoms with Gasteiger partial charge in [-0.2, -0.15) is 0 Å². The summed E-state index contributed by atoms with van der Waals surface area (Å²) in [7, 11) is 0. The molecule has 0 spiro atoms. The molecule has 0 fully saturated rings. The number of hydrogen-bond acceptors (Lipinski definition) is 5. The van der Waals surface area contributed by atoms with Gasteiger partial charge in [0.1, 0.15) is 0 Å². The predicted molar refractivity (Wildman–Crippen MR) is 92.7 cm³/mol. The van der Waals surface area contributed by atoms with E-state index in [2.05, 4.69) is 10.6 Å². The Balaban J connectivity index is 1.51. The summed E-state index contributed by atoms with van der Waals surface area (Å²) in [6, 6.07) is 12.6. The average molecular weight is 344 g/mol. The van der Waals surface area contributed by atoms with Gasteiger partial charge in [0.25, 0.3) is 0 Å². The monoisotopic (exact) mass is 344 g/mol. The fraction of sp³-hybridized carbons (Fsp3) is 0.176. The van der Waals surface area contributed by atoms with Gasteiger partial charge >= 0.3 is 0 Å². The third-order valence-corrected chi connectivity index (χ3v) is 4.21. The summed E-state index contributed by atoms with van der Waals surface area (Å²) in [6.45, 7) is 1.67. The Labute approximate surface area is 143 Å². The maximum absolute atomic E-state index is 12.0. The van der Waals surface area contributed by atoms with Gasteiger partial charge in [-0.25, -0.2) is 0 Å². The first-order chi connectivity index (χ1) is 11.6. The molecule has 0 aromatic heterocycles. The minimum absolute atomic E-state index is 0.107. The van der Waals surface area contributed by atoms with E-state index < -0.39 is 0 Å². The maximum atomic E-state index is 12.0. The minimum atomic E-state index is -0.112. The second kappa shape index (κ2) is 7.27. The van der Waals surface area contributed by atoms with Crippen LogP contribution in [0.4, 0.5) is 11.4 Å². The molecule has 0 bridgehead atoms. The quantitative estimate of drug-likeness (QED) is 0.815. The van der Waals surface area contributed by atoms with E-state index in [1.807, 2.05) is 12.1 Å². The highest BCUT2D eigenvalue weighted by molar-refractivity contribution is 8.00. The summed E-state index contributed by atoms with van der Waals surface area (Å²) in [5.41, 5.74) is 1.41. The van der Waals surface area contributed by atoms with Crippen molar-refractivity contribution in [1.29, 1.82) is 0 Å². The SMILES string of the molecule is CC(=O)Nc1ccc(SCC(=O)Nc2ccc3c(c2)OCO3)cc1. The lowest BCUT2D eigenvalue weighted by Gasteiger charge is -2.07. The van der Waals surface area contributed by atoms with Crippen molar-refractivity contribution in [1.82, 2.24) is 0 Å². The zero-order valence-corrected chi connectivity index (χ0v) is 13.8. The summed E-state index contributed by atoms with van der Waals surface area (Å²) in [5.74, 6) is 1.38. The fourth-order valence-corrected chi connectivity index (χ4v) is 2.86. The van der Waals surface area contributed by atoms with Crippen LogP contribution in [-0.4, -0.2) is 24.4 Å². The number of ether oxygens (including phenoxy) is 2. The zero-order chi connectivity index (χ0) is 16.9. The number of nitrogens with one attached hydrogen (secondary N) is 2. The highest BCUT2D eigenvalue weighted by atomic mass is 32.2. The largest absolute Gasteiger partial charge is 0.454 e. The number of fused-ring (bicyclic) bond motifs is 1. The smallest absolute Gasteiger partial charge is 0.234 e. The van der Waals surface area contributed by atoms with Crippen molar-refractivity contribution in [3.8, 4) is 11.5 Å². The van der Waals surface area contributed by atoms with Crippen LogP contribution in [0.2, 0.25) is 0 Å². The molecule has 0 saturated carbocycles. The lowest BCUT2D eigenvalue weighted by atomic mass is 10.3. The van der Waals surface area contributed by atoms with Crippen LogP contribution in [0, 0.1) is 0 Å². The molecule has 1 aliphatic heterocycles. The molecule has 2 amide bonds. The van der Waals surface area contributed by atoms with Gasteiger partial charge in [-0.1, -0.05) is 0 Å². The van der Waals surface area contributed by atoms with Crippen LogP contribution >= 0.6 is 11.8 Å². The number of hydrogen-bond donors (Lipinski definition) is 2. The average Bonchev–Trinajstić information content (AvgIpc) is 3.01. The summed E-state index contributed by atoms with van der Waals surface area (Å²) < 4.78 is 10.5. The number of thioether (sulfide) groups is 1. The maximum Gasteiger partial charge on any atom is 0.234 e. The van der Waals surface area contributed by atoms with E-state index >= 15 is 0 Å². The molecular formula is C17H16N2O4S. The van der Waals surface area contributed by atoms with E-state index in [9.17, 15) is 9.59 Å². The molecule has 7 heteroatoms. The number of anilines is 2. The Hall–Kier alpha value is -2.67. The van der Waals surface area contributed by atoms with E-state index in [0.717, 1.165) is 10.6 Å². The topological polar surface area (TPSA) is 76.7 Å². The molecule has 0 radical (unpaired) electrons. The van der Waals surface area contributed by atoms with Crippen molar-refractivity contribution >= 4 is 35.0 Å². The molecule has 6 nitrogen and oxygen atoms in total. The molecule has 2 aromatic carbocycles. The number of rotatable bonds is 5. The Bertz CT molecular complexity index is 762. The number of carbonyl (C=O) groups is 2. The van der Waals surface area contributed by atoms with Crippen molar-refractivity contribution in [3.05, 3.63) is 42.5 Å². The Morgan fingerprint density at radius 1 is 1.00 bits per heavy atom.